The first-order chi connectivity index (χ1) is 6.77. The lowest BCUT2D eigenvalue weighted by Crippen LogP contribution is -2.04. The van der Waals surface area contributed by atoms with Gasteiger partial charge in [0.15, 0.2) is 6.29 Å². The number of hydrogen-bond donors (Lipinski definition) is 1. The maximum absolute atomic E-state index is 11.3. The molecule has 2 rings (SSSR count). The van der Waals surface area contributed by atoms with Crippen LogP contribution in [0.5, 0.6) is 0 Å². The third-order valence-electron chi connectivity index (χ3n) is 2.61. The first kappa shape index (κ1) is 8.99. The highest BCUT2D eigenvalue weighted by Crippen LogP contribution is 2.28. The Morgan fingerprint density at radius 1 is 1.43 bits per heavy atom. The minimum atomic E-state index is -0.392. The minimum Gasteiger partial charge on any atom is -0.464 e. The fraction of sp³-hybridized carbons (Fsp3) is 0.400. The highest BCUT2D eigenvalue weighted by atomic mass is 16.5. The highest BCUT2D eigenvalue weighted by molar-refractivity contribution is 5.92. The molecular weight excluding hydrogens is 182 g/mol. The number of rotatable bonds is 2. The van der Waals surface area contributed by atoms with Crippen molar-refractivity contribution >= 4 is 12.3 Å². The minimum absolute atomic E-state index is 0.392. The van der Waals surface area contributed by atoms with Crippen LogP contribution < -0.4 is 0 Å². The summed E-state index contributed by atoms with van der Waals surface area (Å²) in [5.41, 5.74) is 2.92. The van der Waals surface area contributed by atoms with Gasteiger partial charge in [-0.2, -0.15) is 0 Å². The largest absolute Gasteiger partial charge is 0.464 e. The van der Waals surface area contributed by atoms with Crippen LogP contribution in [0.15, 0.2) is 0 Å². The van der Waals surface area contributed by atoms with Crippen molar-refractivity contribution in [1.29, 1.82) is 0 Å². The molecule has 0 radical (unpaired) electrons. The van der Waals surface area contributed by atoms with Crippen molar-refractivity contribution in [1.82, 2.24) is 4.98 Å². The third-order valence-corrected chi connectivity index (χ3v) is 2.61. The number of aromatic amines is 1. The van der Waals surface area contributed by atoms with Crippen LogP contribution in [0.2, 0.25) is 0 Å². The number of aromatic nitrogens is 1. The highest BCUT2D eigenvalue weighted by Gasteiger charge is 2.25. The van der Waals surface area contributed by atoms with E-state index in [-0.39, 0.29) is 0 Å². The molecule has 0 aromatic carbocycles. The van der Waals surface area contributed by atoms with Gasteiger partial charge in [-0.25, -0.2) is 4.79 Å². The van der Waals surface area contributed by atoms with Crippen LogP contribution in [0.4, 0.5) is 0 Å². The second kappa shape index (κ2) is 3.29. The quantitative estimate of drug-likeness (QED) is 0.565. The SMILES string of the molecule is COC(=O)c1[nH]c(C=O)c2c1CCC2. The zero-order valence-corrected chi connectivity index (χ0v) is 7.92. The van der Waals surface area contributed by atoms with Crippen LogP contribution >= 0.6 is 0 Å². The number of carbonyl (C=O) groups is 2. The number of aldehydes is 1. The van der Waals surface area contributed by atoms with Crippen LogP contribution in [-0.2, 0) is 17.6 Å². The number of ether oxygens (including phenoxy) is 1. The van der Waals surface area contributed by atoms with Crippen molar-refractivity contribution in [3.63, 3.8) is 0 Å². The van der Waals surface area contributed by atoms with E-state index in [1.54, 1.807) is 0 Å². The summed E-state index contributed by atoms with van der Waals surface area (Å²) in [7, 11) is 1.34. The molecule has 14 heavy (non-hydrogen) atoms. The summed E-state index contributed by atoms with van der Waals surface area (Å²) in [5.74, 6) is -0.392. The summed E-state index contributed by atoms with van der Waals surface area (Å²) in [4.78, 5) is 24.9. The van der Waals surface area contributed by atoms with E-state index >= 15 is 0 Å². The van der Waals surface area contributed by atoms with E-state index in [2.05, 4.69) is 9.72 Å². The third kappa shape index (κ3) is 1.14. The average molecular weight is 193 g/mol. The van der Waals surface area contributed by atoms with E-state index in [0.29, 0.717) is 11.4 Å². The van der Waals surface area contributed by atoms with Gasteiger partial charge in [0.25, 0.3) is 0 Å². The van der Waals surface area contributed by atoms with E-state index in [4.69, 9.17) is 0 Å². The smallest absolute Gasteiger partial charge is 0.354 e. The molecule has 0 spiro atoms. The van der Waals surface area contributed by atoms with Crippen LogP contribution in [0.1, 0.15) is 38.5 Å². The van der Waals surface area contributed by atoms with E-state index in [9.17, 15) is 9.59 Å². The van der Waals surface area contributed by atoms with E-state index < -0.39 is 5.97 Å². The van der Waals surface area contributed by atoms with Gasteiger partial charge < -0.3 is 9.72 Å². The monoisotopic (exact) mass is 193 g/mol. The summed E-state index contributed by atoms with van der Waals surface area (Å²) in [5, 5.41) is 0. The molecule has 0 atom stereocenters. The van der Waals surface area contributed by atoms with Crippen LogP contribution in [0.25, 0.3) is 0 Å². The molecule has 4 heteroatoms. The zero-order valence-electron chi connectivity index (χ0n) is 7.92. The lowest BCUT2D eigenvalue weighted by molar-refractivity contribution is 0.0593. The molecule has 1 aromatic rings. The second-order valence-corrected chi connectivity index (χ2v) is 3.33. The second-order valence-electron chi connectivity index (χ2n) is 3.33. The Labute approximate surface area is 81.3 Å². The molecule has 74 valence electrons. The summed E-state index contributed by atoms with van der Waals surface area (Å²) in [6.07, 6.45) is 3.49. The van der Waals surface area contributed by atoms with Crippen LogP contribution in [0, 0.1) is 0 Å². The Hall–Kier alpha value is -1.58. The molecule has 0 bridgehead atoms. The molecule has 0 aliphatic heterocycles. The van der Waals surface area contributed by atoms with E-state index in [1.807, 2.05) is 0 Å². The summed E-state index contributed by atoms with van der Waals surface area (Å²) in [6, 6.07) is 0. The standard InChI is InChI=1S/C10H11NO3/c1-14-10(13)9-7-4-2-3-6(7)8(5-12)11-9/h5,11H,2-4H2,1H3. The maximum atomic E-state index is 11.3. The van der Waals surface area contributed by atoms with Crippen molar-refractivity contribution in [2.75, 3.05) is 7.11 Å². The molecule has 0 amide bonds. The van der Waals surface area contributed by atoms with E-state index in [1.165, 1.54) is 7.11 Å². The van der Waals surface area contributed by atoms with Gasteiger partial charge in [-0.3, -0.25) is 4.79 Å². The Morgan fingerprint density at radius 3 is 2.79 bits per heavy atom. The van der Waals surface area contributed by atoms with Crippen molar-refractivity contribution in [3.05, 3.63) is 22.5 Å². The number of fused-ring (bicyclic) bond motifs is 1. The molecule has 1 aliphatic carbocycles. The van der Waals surface area contributed by atoms with Gasteiger partial charge in [-0.05, 0) is 30.4 Å². The van der Waals surface area contributed by atoms with Crippen LogP contribution in [0.3, 0.4) is 0 Å². The van der Waals surface area contributed by atoms with Gasteiger partial charge in [0.2, 0.25) is 0 Å². The lowest BCUT2D eigenvalue weighted by Gasteiger charge is -1.97. The van der Waals surface area contributed by atoms with Crippen LogP contribution in [-0.4, -0.2) is 24.3 Å². The summed E-state index contributed by atoms with van der Waals surface area (Å²) >= 11 is 0. The fourth-order valence-electron chi connectivity index (χ4n) is 1.98. The number of carbonyl (C=O) groups excluding carboxylic acids is 2. The first-order valence-corrected chi connectivity index (χ1v) is 4.55. The molecule has 1 aromatic heterocycles. The Bertz CT molecular complexity index is 392. The molecule has 1 N–H and O–H groups in total. The summed E-state index contributed by atoms with van der Waals surface area (Å²) in [6.45, 7) is 0. The molecule has 0 saturated carbocycles. The van der Waals surface area contributed by atoms with Gasteiger partial charge >= 0.3 is 5.97 Å². The van der Waals surface area contributed by atoms with E-state index in [0.717, 1.165) is 36.7 Å². The average Bonchev–Trinajstić information content (AvgIpc) is 2.76. The maximum Gasteiger partial charge on any atom is 0.354 e. The lowest BCUT2D eigenvalue weighted by atomic mass is 10.1. The normalized spacial score (nSPS) is 13.8. The molecule has 0 unspecified atom stereocenters. The molecular formula is C10H11NO3. The molecule has 4 nitrogen and oxygen atoms in total. The summed E-state index contributed by atoms with van der Waals surface area (Å²) < 4.78 is 4.63. The number of H-pyrrole nitrogens is 1. The Kier molecular flexibility index (Phi) is 2.11. The van der Waals surface area contributed by atoms with Crippen molar-refractivity contribution in [2.45, 2.75) is 19.3 Å². The molecule has 1 aliphatic rings. The van der Waals surface area contributed by atoms with Crippen molar-refractivity contribution < 1.29 is 14.3 Å². The van der Waals surface area contributed by atoms with Gasteiger partial charge in [0, 0.05) is 0 Å². The number of methoxy groups -OCH3 is 1. The van der Waals surface area contributed by atoms with Crippen molar-refractivity contribution in [3.8, 4) is 0 Å². The van der Waals surface area contributed by atoms with Gasteiger partial charge in [-0.15, -0.1) is 0 Å². The topological polar surface area (TPSA) is 59.2 Å². The van der Waals surface area contributed by atoms with Gasteiger partial charge in [0.05, 0.1) is 12.8 Å². The van der Waals surface area contributed by atoms with Gasteiger partial charge in [0.1, 0.15) is 5.69 Å². The first-order valence-electron chi connectivity index (χ1n) is 4.55. The molecule has 0 saturated heterocycles. The number of nitrogens with one attached hydrogen (secondary N) is 1. The predicted molar refractivity (Wildman–Crippen MR) is 49.5 cm³/mol. The number of esters is 1. The van der Waals surface area contributed by atoms with Crippen molar-refractivity contribution in [2.24, 2.45) is 0 Å². The van der Waals surface area contributed by atoms with Gasteiger partial charge in [-0.1, -0.05) is 0 Å². The molecule has 1 heterocycles. The number of hydrogen-bond acceptors (Lipinski definition) is 3. The predicted octanol–water partition coefficient (Wildman–Crippen LogP) is 1.10. The molecule has 0 fully saturated rings. The fourth-order valence-corrected chi connectivity index (χ4v) is 1.98. The Balaban J connectivity index is 2.52. The zero-order chi connectivity index (χ0) is 10.1. The Morgan fingerprint density at radius 2 is 2.14 bits per heavy atom.